The minimum Gasteiger partial charge on any atom is -0.455 e. The van der Waals surface area contributed by atoms with Gasteiger partial charge in [0, 0.05) is 26.4 Å². The molecule has 0 aliphatic carbocycles. The van der Waals surface area contributed by atoms with E-state index >= 15 is 0 Å². The van der Waals surface area contributed by atoms with Crippen molar-refractivity contribution in [2.75, 3.05) is 14.2 Å². The molecule has 9 nitrogen and oxygen atoms in total. The fourth-order valence-electron chi connectivity index (χ4n) is 1.69. The maximum Gasteiger partial charge on any atom is 0.529 e. The van der Waals surface area contributed by atoms with Gasteiger partial charge in [0.05, 0.1) is 11.0 Å². The van der Waals surface area contributed by atoms with E-state index in [0.717, 1.165) is 20.3 Å². The van der Waals surface area contributed by atoms with Crippen LogP contribution in [0.1, 0.15) is 25.5 Å². The van der Waals surface area contributed by atoms with Crippen LogP contribution in [0.15, 0.2) is 36.1 Å². The minimum absolute atomic E-state index is 0.0294. The molecule has 24 heavy (non-hydrogen) atoms. The average molecular weight is 359 g/mol. The minimum atomic E-state index is -3.75. The Morgan fingerprint density at radius 1 is 1.33 bits per heavy atom. The van der Waals surface area contributed by atoms with E-state index < -0.39 is 24.8 Å². The van der Waals surface area contributed by atoms with Crippen LogP contribution >= 0.6 is 7.82 Å². The number of nitro groups is 1. The van der Waals surface area contributed by atoms with Gasteiger partial charge in [-0.25, -0.2) is 9.36 Å². The number of nitrogens with zero attached hydrogens (tertiary/aromatic N) is 1. The van der Waals surface area contributed by atoms with Gasteiger partial charge in [0.25, 0.3) is 5.69 Å². The number of allylic oxidation sites excluding steroid dienone is 1. The zero-order valence-electron chi connectivity index (χ0n) is 13.6. The van der Waals surface area contributed by atoms with Crippen LogP contribution in [-0.4, -0.2) is 25.1 Å². The standard InChI is InChI=1S/C14H18NO8P/c1-10(23-24(19,20-3)21-4)8-14(16)22-11(2)12-6-5-7-13(9-12)15(17)18/h5-9,11H,1-4H3. The van der Waals surface area contributed by atoms with Gasteiger partial charge in [0.2, 0.25) is 0 Å². The summed E-state index contributed by atoms with van der Waals surface area (Å²) in [4.78, 5) is 22.1. The van der Waals surface area contributed by atoms with Crippen molar-refractivity contribution in [3.63, 3.8) is 0 Å². The predicted octanol–water partition coefficient (Wildman–Crippen LogP) is 3.52. The molecular weight excluding hydrogens is 341 g/mol. The lowest BCUT2D eigenvalue weighted by Gasteiger charge is -2.15. The molecule has 0 N–H and O–H groups in total. The second-order valence-electron chi connectivity index (χ2n) is 4.59. The van der Waals surface area contributed by atoms with Crippen molar-refractivity contribution in [3.05, 3.63) is 51.8 Å². The van der Waals surface area contributed by atoms with Crippen molar-refractivity contribution in [1.29, 1.82) is 0 Å². The van der Waals surface area contributed by atoms with Crippen LogP contribution < -0.4 is 0 Å². The Labute approximate surface area is 138 Å². The molecule has 1 atom stereocenters. The summed E-state index contributed by atoms with van der Waals surface area (Å²) in [6.07, 6.45) is 0.247. The van der Waals surface area contributed by atoms with E-state index in [9.17, 15) is 19.5 Å². The maximum atomic E-state index is 11.8. The van der Waals surface area contributed by atoms with Gasteiger partial charge in [0.1, 0.15) is 11.9 Å². The zero-order valence-corrected chi connectivity index (χ0v) is 14.5. The SMILES string of the molecule is COP(=O)(OC)OC(C)=CC(=O)OC(C)c1cccc([N+](=O)[O-])c1. The smallest absolute Gasteiger partial charge is 0.455 e. The first-order chi connectivity index (χ1) is 11.2. The molecule has 0 aliphatic heterocycles. The van der Waals surface area contributed by atoms with Gasteiger partial charge < -0.3 is 9.26 Å². The molecule has 0 aliphatic rings. The number of nitro benzene ring substituents is 1. The lowest BCUT2D eigenvalue weighted by Crippen LogP contribution is -2.07. The van der Waals surface area contributed by atoms with Crippen molar-refractivity contribution >= 4 is 19.5 Å². The molecule has 0 bridgehead atoms. The highest BCUT2D eigenvalue weighted by atomic mass is 31.2. The largest absolute Gasteiger partial charge is 0.529 e. The van der Waals surface area contributed by atoms with Gasteiger partial charge in [-0.2, -0.15) is 0 Å². The summed E-state index contributed by atoms with van der Waals surface area (Å²) >= 11 is 0. The molecule has 0 fully saturated rings. The number of carbonyl (C=O) groups is 1. The summed E-state index contributed by atoms with van der Waals surface area (Å²) in [7, 11) is -1.48. The van der Waals surface area contributed by atoms with Gasteiger partial charge in [-0.05, 0) is 19.4 Å². The number of benzene rings is 1. The Bertz CT molecular complexity index is 679. The van der Waals surface area contributed by atoms with Crippen molar-refractivity contribution in [2.45, 2.75) is 20.0 Å². The Kier molecular flexibility index (Phi) is 7.09. The fourth-order valence-corrected chi connectivity index (χ4v) is 2.39. The molecule has 0 saturated carbocycles. The van der Waals surface area contributed by atoms with Crippen LogP contribution in [0.25, 0.3) is 0 Å². The number of carbonyl (C=O) groups excluding carboxylic acids is 1. The van der Waals surface area contributed by atoms with Gasteiger partial charge >= 0.3 is 13.8 Å². The summed E-state index contributed by atoms with van der Waals surface area (Å²) in [6, 6.07) is 5.75. The quantitative estimate of drug-likeness (QED) is 0.173. The Morgan fingerprint density at radius 3 is 2.50 bits per heavy atom. The second kappa shape index (κ2) is 8.58. The van der Waals surface area contributed by atoms with Crippen molar-refractivity contribution in [3.8, 4) is 0 Å². The van der Waals surface area contributed by atoms with E-state index in [0.29, 0.717) is 5.56 Å². The number of hydrogen-bond donors (Lipinski definition) is 0. The molecular formula is C14H18NO8P. The van der Waals surface area contributed by atoms with Gasteiger partial charge in [-0.1, -0.05) is 12.1 Å². The Hall–Kier alpha value is -2.22. The number of hydrogen-bond acceptors (Lipinski definition) is 8. The van der Waals surface area contributed by atoms with E-state index in [2.05, 4.69) is 9.05 Å². The van der Waals surface area contributed by atoms with Crippen LogP contribution in [0.3, 0.4) is 0 Å². The summed E-state index contributed by atoms with van der Waals surface area (Å²) < 4.78 is 31.0. The Balaban J connectivity index is 2.76. The molecule has 132 valence electrons. The monoisotopic (exact) mass is 359 g/mol. The van der Waals surface area contributed by atoms with Crippen molar-refractivity contribution in [2.24, 2.45) is 0 Å². The summed E-state index contributed by atoms with van der Waals surface area (Å²) in [5.41, 5.74) is 0.357. The molecule has 0 spiro atoms. The third-order valence-electron chi connectivity index (χ3n) is 2.87. The number of esters is 1. The Morgan fingerprint density at radius 2 is 1.96 bits per heavy atom. The molecule has 1 unspecified atom stereocenters. The van der Waals surface area contributed by atoms with Crippen LogP contribution in [-0.2, 0) is 27.7 Å². The number of phosphoric ester groups is 1. The molecule has 0 radical (unpaired) electrons. The first-order valence-corrected chi connectivity index (χ1v) is 8.21. The molecule has 1 aromatic rings. The van der Waals surface area contributed by atoms with E-state index in [1.54, 1.807) is 13.0 Å². The number of rotatable bonds is 8. The third kappa shape index (κ3) is 5.77. The van der Waals surface area contributed by atoms with Gasteiger partial charge in [-0.15, -0.1) is 0 Å². The highest BCUT2D eigenvalue weighted by Gasteiger charge is 2.25. The normalized spacial score (nSPS) is 13.2. The van der Waals surface area contributed by atoms with E-state index in [1.807, 2.05) is 0 Å². The van der Waals surface area contributed by atoms with E-state index in [1.165, 1.54) is 25.1 Å². The summed E-state index contributed by atoms with van der Waals surface area (Å²) in [5, 5.41) is 10.8. The van der Waals surface area contributed by atoms with Gasteiger partial charge in [0.15, 0.2) is 0 Å². The molecule has 0 aromatic heterocycles. The van der Waals surface area contributed by atoms with Crippen LogP contribution in [0, 0.1) is 10.1 Å². The highest BCUT2D eigenvalue weighted by molar-refractivity contribution is 7.48. The second-order valence-corrected chi connectivity index (χ2v) is 6.40. The van der Waals surface area contributed by atoms with Crippen LogP contribution in [0.4, 0.5) is 5.69 Å². The predicted molar refractivity (Wildman–Crippen MR) is 84.1 cm³/mol. The third-order valence-corrected chi connectivity index (χ3v) is 4.27. The summed E-state index contributed by atoms with van der Waals surface area (Å²) in [5.74, 6) is -0.802. The maximum absolute atomic E-state index is 11.8. The molecule has 0 saturated heterocycles. The first-order valence-electron chi connectivity index (χ1n) is 6.75. The summed E-state index contributed by atoms with van der Waals surface area (Å²) in [6.45, 7) is 2.94. The molecule has 1 aromatic carbocycles. The topological polar surface area (TPSA) is 114 Å². The lowest BCUT2D eigenvalue weighted by atomic mass is 10.1. The van der Waals surface area contributed by atoms with Crippen LogP contribution in [0.5, 0.6) is 0 Å². The molecule has 0 heterocycles. The van der Waals surface area contributed by atoms with Gasteiger partial charge in [-0.3, -0.25) is 19.2 Å². The number of ether oxygens (including phenoxy) is 1. The molecule has 1 rings (SSSR count). The zero-order chi connectivity index (χ0) is 18.3. The number of phosphoric acid groups is 1. The number of non-ortho nitro benzene ring substituents is 1. The molecule has 0 amide bonds. The lowest BCUT2D eigenvalue weighted by molar-refractivity contribution is -0.385. The van der Waals surface area contributed by atoms with Crippen molar-refractivity contribution in [1.82, 2.24) is 0 Å². The highest BCUT2D eigenvalue weighted by Crippen LogP contribution is 2.49. The van der Waals surface area contributed by atoms with Crippen LogP contribution in [0.2, 0.25) is 0 Å². The molecule has 10 heteroatoms. The fraction of sp³-hybridized carbons (Fsp3) is 0.357. The average Bonchev–Trinajstić information content (AvgIpc) is 2.54. The van der Waals surface area contributed by atoms with E-state index in [4.69, 9.17) is 9.26 Å². The van der Waals surface area contributed by atoms with E-state index in [-0.39, 0.29) is 11.4 Å². The first kappa shape index (κ1) is 19.8. The van der Waals surface area contributed by atoms with Crippen molar-refractivity contribution < 1.29 is 32.6 Å².